The summed E-state index contributed by atoms with van der Waals surface area (Å²) in [6, 6.07) is 3.18. The molecule has 1 N–H and O–H groups in total. The summed E-state index contributed by atoms with van der Waals surface area (Å²) in [6.45, 7) is -0.199. The first-order valence-corrected chi connectivity index (χ1v) is 6.95. The second-order valence-electron chi connectivity index (χ2n) is 3.54. The number of sulfonamides is 1. The second-order valence-corrected chi connectivity index (χ2v) is 5.72. The number of rotatable bonds is 5. The standard InChI is InChI=1S/C9H7ClN4O5S/c10-7-2-1-6(3-8(7)14(15)16)20(17,18)12-4-9-11-5-19-13-9/h1-3,5,12H,4H2. The van der Waals surface area contributed by atoms with Crippen LogP contribution in [0.2, 0.25) is 5.02 Å². The van der Waals surface area contributed by atoms with Gasteiger partial charge in [0.2, 0.25) is 16.4 Å². The molecule has 0 saturated carbocycles. The van der Waals surface area contributed by atoms with Crippen LogP contribution in [0.4, 0.5) is 5.69 Å². The van der Waals surface area contributed by atoms with Crippen LogP contribution >= 0.6 is 11.6 Å². The highest BCUT2D eigenvalue weighted by Crippen LogP contribution is 2.26. The fraction of sp³-hybridized carbons (Fsp3) is 0.111. The summed E-state index contributed by atoms with van der Waals surface area (Å²) in [7, 11) is -3.94. The minimum atomic E-state index is -3.94. The van der Waals surface area contributed by atoms with E-state index in [0.717, 1.165) is 24.6 Å². The number of aromatic nitrogens is 2. The van der Waals surface area contributed by atoms with Gasteiger partial charge >= 0.3 is 0 Å². The van der Waals surface area contributed by atoms with Crippen LogP contribution in [0, 0.1) is 10.1 Å². The van der Waals surface area contributed by atoms with Crippen LogP contribution < -0.4 is 4.72 Å². The van der Waals surface area contributed by atoms with Gasteiger partial charge < -0.3 is 4.52 Å². The van der Waals surface area contributed by atoms with E-state index in [-0.39, 0.29) is 22.3 Å². The Morgan fingerprint density at radius 3 is 2.80 bits per heavy atom. The highest BCUT2D eigenvalue weighted by atomic mass is 35.5. The fourth-order valence-electron chi connectivity index (χ4n) is 1.31. The van der Waals surface area contributed by atoms with Crippen molar-refractivity contribution in [2.45, 2.75) is 11.4 Å². The molecule has 0 fully saturated rings. The van der Waals surface area contributed by atoms with Crippen molar-refractivity contribution in [2.24, 2.45) is 0 Å². The first-order chi connectivity index (χ1) is 9.40. The van der Waals surface area contributed by atoms with Crippen molar-refractivity contribution in [1.29, 1.82) is 0 Å². The maximum absolute atomic E-state index is 12.0. The molecule has 0 amide bonds. The number of benzene rings is 1. The zero-order valence-corrected chi connectivity index (χ0v) is 11.3. The van der Waals surface area contributed by atoms with Crippen LogP contribution in [-0.4, -0.2) is 23.5 Å². The van der Waals surface area contributed by atoms with Crippen molar-refractivity contribution in [3.63, 3.8) is 0 Å². The van der Waals surface area contributed by atoms with Gasteiger partial charge in [-0.1, -0.05) is 16.8 Å². The molecular formula is C9H7ClN4O5S. The minimum absolute atomic E-state index is 0.136. The van der Waals surface area contributed by atoms with Crippen molar-refractivity contribution >= 4 is 27.3 Å². The molecule has 2 aromatic rings. The van der Waals surface area contributed by atoms with E-state index in [1.165, 1.54) is 0 Å². The predicted octanol–water partition coefficient (Wildman–Crippen LogP) is 1.11. The molecule has 1 aromatic heterocycles. The highest BCUT2D eigenvalue weighted by molar-refractivity contribution is 7.89. The highest BCUT2D eigenvalue weighted by Gasteiger charge is 2.20. The van der Waals surface area contributed by atoms with E-state index in [1.54, 1.807) is 0 Å². The summed E-state index contributed by atoms with van der Waals surface area (Å²) in [4.78, 5) is 13.3. The summed E-state index contributed by atoms with van der Waals surface area (Å²) in [5.74, 6) is 0.136. The average molecular weight is 319 g/mol. The minimum Gasteiger partial charge on any atom is -0.343 e. The van der Waals surface area contributed by atoms with E-state index >= 15 is 0 Å². The molecule has 9 nitrogen and oxygen atoms in total. The Bertz CT molecular complexity index is 731. The molecule has 0 bridgehead atoms. The molecule has 20 heavy (non-hydrogen) atoms. The molecule has 0 saturated heterocycles. The molecule has 0 aliphatic rings. The lowest BCUT2D eigenvalue weighted by Gasteiger charge is -2.05. The number of hydrogen-bond acceptors (Lipinski definition) is 7. The topological polar surface area (TPSA) is 128 Å². The van der Waals surface area contributed by atoms with E-state index in [0.29, 0.717) is 0 Å². The molecule has 1 aromatic carbocycles. The third-order valence-electron chi connectivity index (χ3n) is 2.25. The molecule has 1 heterocycles. The molecule has 11 heteroatoms. The summed E-state index contributed by atoms with van der Waals surface area (Å²) in [5.41, 5.74) is -0.492. The van der Waals surface area contributed by atoms with Crippen molar-refractivity contribution in [3.05, 3.63) is 45.6 Å². The molecule has 0 unspecified atom stereocenters. The molecule has 2 rings (SSSR count). The number of nitro groups is 1. The number of nitro benzene ring substituents is 1. The Labute approximate surface area is 117 Å². The van der Waals surface area contributed by atoms with Crippen LogP contribution in [0.15, 0.2) is 34.0 Å². The third-order valence-corrected chi connectivity index (χ3v) is 3.97. The zero-order chi connectivity index (χ0) is 14.8. The predicted molar refractivity (Wildman–Crippen MR) is 66.4 cm³/mol. The number of hydrogen-bond donors (Lipinski definition) is 1. The van der Waals surface area contributed by atoms with E-state index < -0.39 is 20.6 Å². The van der Waals surface area contributed by atoms with Crippen LogP contribution in [0.1, 0.15) is 5.82 Å². The van der Waals surface area contributed by atoms with Gasteiger partial charge in [0.15, 0.2) is 5.82 Å². The Balaban J connectivity index is 2.25. The first-order valence-electron chi connectivity index (χ1n) is 5.09. The summed E-state index contributed by atoms with van der Waals surface area (Å²) in [6.07, 6.45) is 1.05. The van der Waals surface area contributed by atoms with Gasteiger partial charge in [-0.05, 0) is 12.1 Å². The van der Waals surface area contributed by atoms with Gasteiger partial charge in [-0.25, -0.2) is 13.1 Å². The van der Waals surface area contributed by atoms with Crippen LogP contribution in [0.25, 0.3) is 0 Å². The van der Waals surface area contributed by atoms with E-state index in [2.05, 4.69) is 19.4 Å². The van der Waals surface area contributed by atoms with Gasteiger partial charge in [0.25, 0.3) is 5.69 Å². The maximum atomic E-state index is 12.0. The first kappa shape index (κ1) is 14.4. The average Bonchev–Trinajstić information content (AvgIpc) is 2.89. The van der Waals surface area contributed by atoms with Gasteiger partial charge in [0, 0.05) is 6.07 Å². The van der Waals surface area contributed by atoms with Gasteiger partial charge in [0.05, 0.1) is 16.4 Å². The normalized spacial score (nSPS) is 11.4. The summed E-state index contributed by atoms with van der Waals surface area (Å²) < 4.78 is 30.5. The van der Waals surface area contributed by atoms with E-state index in [1.807, 2.05) is 0 Å². The number of nitrogens with zero attached hydrogens (tertiary/aromatic N) is 3. The Morgan fingerprint density at radius 1 is 1.45 bits per heavy atom. The lowest BCUT2D eigenvalue weighted by Crippen LogP contribution is -2.23. The van der Waals surface area contributed by atoms with Crippen molar-refractivity contribution in [2.75, 3.05) is 0 Å². The Hall–Kier alpha value is -2.04. The van der Waals surface area contributed by atoms with Crippen LogP contribution in [-0.2, 0) is 16.6 Å². The monoisotopic (exact) mass is 318 g/mol. The smallest absolute Gasteiger partial charge is 0.289 e. The van der Waals surface area contributed by atoms with Crippen molar-refractivity contribution < 1.29 is 17.9 Å². The Morgan fingerprint density at radius 2 is 2.20 bits per heavy atom. The van der Waals surface area contributed by atoms with Gasteiger partial charge in [-0.3, -0.25) is 10.1 Å². The molecule has 0 aliphatic carbocycles. The number of halogens is 1. The molecule has 0 radical (unpaired) electrons. The Kier molecular flexibility index (Phi) is 3.97. The molecule has 0 atom stereocenters. The summed E-state index contributed by atoms with van der Waals surface area (Å²) >= 11 is 5.61. The van der Waals surface area contributed by atoms with Crippen molar-refractivity contribution in [3.8, 4) is 0 Å². The molecule has 106 valence electrons. The lowest BCUT2D eigenvalue weighted by atomic mass is 10.3. The maximum Gasteiger partial charge on any atom is 0.289 e. The lowest BCUT2D eigenvalue weighted by molar-refractivity contribution is -0.384. The van der Waals surface area contributed by atoms with Gasteiger partial charge in [0.1, 0.15) is 5.02 Å². The quantitative estimate of drug-likeness (QED) is 0.645. The van der Waals surface area contributed by atoms with Gasteiger partial charge in [-0.2, -0.15) is 4.98 Å². The van der Waals surface area contributed by atoms with Crippen LogP contribution in [0.3, 0.4) is 0 Å². The largest absolute Gasteiger partial charge is 0.343 e. The SMILES string of the molecule is O=[N+]([O-])c1cc(S(=O)(=O)NCc2ncon2)ccc1Cl. The van der Waals surface area contributed by atoms with Gasteiger partial charge in [-0.15, -0.1) is 0 Å². The fourth-order valence-corrected chi connectivity index (χ4v) is 2.50. The number of nitrogens with one attached hydrogen (secondary N) is 1. The van der Waals surface area contributed by atoms with Crippen LogP contribution in [0.5, 0.6) is 0 Å². The summed E-state index contributed by atoms with van der Waals surface area (Å²) in [5, 5.41) is 14.0. The van der Waals surface area contributed by atoms with Crippen molar-refractivity contribution in [1.82, 2.24) is 14.9 Å². The van der Waals surface area contributed by atoms with E-state index in [9.17, 15) is 18.5 Å². The molecule has 0 spiro atoms. The molecular weight excluding hydrogens is 312 g/mol. The second kappa shape index (κ2) is 5.53. The third kappa shape index (κ3) is 3.10. The molecule has 0 aliphatic heterocycles. The van der Waals surface area contributed by atoms with E-state index in [4.69, 9.17) is 11.6 Å². The zero-order valence-electron chi connectivity index (χ0n) is 9.69.